The number of carbonyl (C=O) groups is 1. The minimum absolute atomic E-state index is 0.0467. The molecule has 1 aromatic heterocycles. The molecule has 1 aliphatic rings. The van der Waals surface area contributed by atoms with E-state index >= 15 is 0 Å². The zero-order valence-electron chi connectivity index (χ0n) is 14.6. The van der Waals surface area contributed by atoms with Crippen LogP contribution in [0.1, 0.15) is 29.8 Å². The smallest absolute Gasteiger partial charge is 0.283 e. The first-order chi connectivity index (χ1) is 12.5. The highest BCUT2D eigenvalue weighted by Gasteiger charge is 2.26. The normalized spacial score (nSPS) is 17.8. The molecule has 1 aliphatic heterocycles. The number of pyridine rings is 1. The fourth-order valence-corrected chi connectivity index (χ4v) is 3.57. The van der Waals surface area contributed by atoms with Gasteiger partial charge in [0.15, 0.2) is 0 Å². The third-order valence-corrected chi connectivity index (χ3v) is 5.30. The summed E-state index contributed by atoms with van der Waals surface area (Å²) in [7, 11) is 0. The lowest BCUT2D eigenvalue weighted by molar-refractivity contribution is 0.104. The van der Waals surface area contributed by atoms with Gasteiger partial charge in [0.2, 0.25) is 0 Å². The van der Waals surface area contributed by atoms with Crippen LogP contribution in [-0.4, -0.2) is 27.2 Å². The van der Waals surface area contributed by atoms with E-state index in [9.17, 15) is 9.90 Å². The highest BCUT2D eigenvalue weighted by molar-refractivity contribution is 8.14. The molecule has 0 aliphatic carbocycles. The van der Waals surface area contributed by atoms with E-state index in [1.807, 2.05) is 36.4 Å². The summed E-state index contributed by atoms with van der Waals surface area (Å²) < 4.78 is 5.66. The van der Waals surface area contributed by atoms with E-state index in [2.05, 4.69) is 23.8 Å². The maximum atomic E-state index is 11.4. The fourth-order valence-electron chi connectivity index (χ4n) is 2.64. The van der Waals surface area contributed by atoms with Gasteiger partial charge in [-0.2, -0.15) is 0 Å². The van der Waals surface area contributed by atoms with Crippen molar-refractivity contribution < 1.29 is 14.6 Å². The van der Waals surface area contributed by atoms with Gasteiger partial charge in [-0.25, -0.2) is 0 Å². The Morgan fingerprint density at radius 2 is 2.00 bits per heavy atom. The molecule has 3 rings (SSSR count). The summed E-state index contributed by atoms with van der Waals surface area (Å²) in [6.07, 6.45) is 2.67. The van der Waals surface area contributed by atoms with E-state index < -0.39 is 6.10 Å². The summed E-state index contributed by atoms with van der Waals surface area (Å²) in [5.41, 5.74) is 3.60. The van der Waals surface area contributed by atoms with Gasteiger partial charge in [-0.1, -0.05) is 43.5 Å². The zero-order valence-corrected chi connectivity index (χ0v) is 15.5. The van der Waals surface area contributed by atoms with Gasteiger partial charge >= 0.3 is 0 Å². The van der Waals surface area contributed by atoms with Gasteiger partial charge in [0.05, 0.1) is 10.9 Å². The lowest BCUT2D eigenvalue weighted by Gasteiger charge is -2.13. The molecule has 26 heavy (non-hydrogen) atoms. The van der Waals surface area contributed by atoms with Gasteiger partial charge in [-0.15, -0.1) is 0 Å². The molecular weight excluding hydrogens is 348 g/mol. The monoisotopic (exact) mass is 370 g/mol. The van der Waals surface area contributed by atoms with E-state index in [1.54, 1.807) is 6.20 Å². The summed E-state index contributed by atoms with van der Waals surface area (Å²) in [5, 5.41) is 12.9. The second-order valence-electron chi connectivity index (χ2n) is 6.16. The van der Waals surface area contributed by atoms with Crippen molar-refractivity contribution in [2.24, 2.45) is 0 Å². The Balaban J connectivity index is 1.52. The van der Waals surface area contributed by atoms with Gasteiger partial charge in [0.1, 0.15) is 18.5 Å². The fraction of sp³-hybridized carbons (Fsp3) is 0.300. The van der Waals surface area contributed by atoms with E-state index in [0.717, 1.165) is 29.7 Å². The first kappa shape index (κ1) is 18.5. The molecule has 1 aromatic carbocycles. The lowest BCUT2D eigenvalue weighted by Crippen LogP contribution is -2.13. The third kappa shape index (κ3) is 4.65. The van der Waals surface area contributed by atoms with Crippen molar-refractivity contribution in [1.82, 2.24) is 10.3 Å². The number of aliphatic hydroxyl groups is 1. The van der Waals surface area contributed by atoms with Crippen molar-refractivity contribution in [1.29, 1.82) is 0 Å². The standard InChI is InChI=1S/C20H22N2O3S/c1-3-14-6-9-17(21-11-14)18(23)12-25-16-7-4-15(5-8-16)10-19-13(2)22-20(24)26-19/h4-9,11,18-19,23H,2-3,10,12H2,1H3,(H,22,24)/t18-,19?/m0/s1. The Hall–Kier alpha value is -2.31. The minimum Gasteiger partial charge on any atom is -0.490 e. The Kier molecular flexibility index (Phi) is 5.96. The number of amides is 1. The topological polar surface area (TPSA) is 71.5 Å². The van der Waals surface area contributed by atoms with Crippen LogP contribution in [0, 0.1) is 0 Å². The van der Waals surface area contributed by atoms with E-state index in [4.69, 9.17) is 4.74 Å². The Bertz CT molecular complexity index is 775. The molecule has 1 unspecified atom stereocenters. The molecule has 0 saturated carbocycles. The van der Waals surface area contributed by atoms with Crippen LogP contribution in [0.5, 0.6) is 5.75 Å². The molecule has 2 heterocycles. The van der Waals surface area contributed by atoms with E-state index in [0.29, 0.717) is 11.4 Å². The number of nitrogens with zero attached hydrogens (tertiary/aromatic N) is 1. The Labute approximate surface area is 157 Å². The van der Waals surface area contributed by atoms with Crippen LogP contribution in [-0.2, 0) is 12.8 Å². The van der Waals surface area contributed by atoms with E-state index in [-0.39, 0.29) is 17.1 Å². The Morgan fingerprint density at radius 3 is 2.58 bits per heavy atom. The molecule has 0 bridgehead atoms. The molecule has 2 N–H and O–H groups in total. The zero-order chi connectivity index (χ0) is 18.5. The quantitative estimate of drug-likeness (QED) is 0.779. The Morgan fingerprint density at radius 1 is 1.27 bits per heavy atom. The molecule has 0 radical (unpaired) electrons. The first-order valence-corrected chi connectivity index (χ1v) is 9.44. The molecular formula is C20H22N2O3S. The summed E-state index contributed by atoms with van der Waals surface area (Å²) in [6, 6.07) is 11.5. The second kappa shape index (κ2) is 8.38. The van der Waals surface area contributed by atoms with Crippen LogP contribution in [0.15, 0.2) is 54.9 Å². The number of thioether (sulfide) groups is 1. The number of carbonyl (C=O) groups excluding carboxylic acids is 1. The molecule has 136 valence electrons. The lowest BCUT2D eigenvalue weighted by atomic mass is 10.1. The SMILES string of the molecule is C=C1NC(=O)SC1Cc1ccc(OC[C@H](O)c2ccc(CC)cn2)cc1. The average Bonchev–Trinajstić information content (AvgIpc) is 2.98. The van der Waals surface area contributed by atoms with Crippen molar-refractivity contribution in [2.75, 3.05) is 6.61 Å². The van der Waals surface area contributed by atoms with Gasteiger partial charge in [0, 0.05) is 11.9 Å². The number of nitrogens with one attached hydrogen (secondary N) is 1. The number of rotatable bonds is 7. The summed E-state index contributed by atoms with van der Waals surface area (Å²) in [4.78, 5) is 15.6. The van der Waals surface area contributed by atoms with Crippen molar-refractivity contribution in [2.45, 2.75) is 31.1 Å². The number of benzene rings is 1. The van der Waals surface area contributed by atoms with Gasteiger partial charge in [-0.05, 0) is 42.2 Å². The van der Waals surface area contributed by atoms with Crippen LogP contribution in [0.4, 0.5) is 4.79 Å². The van der Waals surface area contributed by atoms with Gasteiger partial charge in [0.25, 0.3) is 5.24 Å². The van der Waals surface area contributed by atoms with Crippen LogP contribution >= 0.6 is 11.8 Å². The number of aliphatic hydroxyl groups excluding tert-OH is 1. The number of aromatic nitrogens is 1. The molecule has 1 saturated heterocycles. The second-order valence-corrected chi connectivity index (χ2v) is 7.34. The predicted molar refractivity (Wildman–Crippen MR) is 103 cm³/mol. The molecule has 2 aromatic rings. The van der Waals surface area contributed by atoms with Gasteiger partial charge in [-0.3, -0.25) is 9.78 Å². The van der Waals surface area contributed by atoms with Crippen LogP contribution < -0.4 is 10.1 Å². The van der Waals surface area contributed by atoms with Gasteiger partial charge < -0.3 is 15.2 Å². The molecule has 0 spiro atoms. The van der Waals surface area contributed by atoms with Crippen LogP contribution in [0.3, 0.4) is 0 Å². The maximum absolute atomic E-state index is 11.4. The molecule has 1 fully saturated rings. The number of hydrogen-bond donors (Lipinski definition) is 2. The molecule has 5 nitrogen and oxygen atoms in total. The first-order valence-electron chi connectivity index (χ1n) is 8.56. The van der Waals surface area contributed by atoms with Crippen molar-refractivity contribution >= 4 is 17.0 Å². The van der Waals surface area contributed by atoms with Crippen LogP contribution in [0.25, 0.3) is 0 Å². The maximum Gasteiger partial charge on any atom is 0.283 e. The largest absolute Gasteiger partial charge is 0.490 e. The highest BCUT2D eigenvalue weighted by Crippen LogP contribution is 2.28. The number of aryl methyl sites for hydroxylation is 1. The van der Waals surface area contributed by atoms with Crippen molar-refractivity contribution in [3.05, 3.63) is 71.7 Å². The molecule has 6 heteroatoms. The predicted octanol–water partition coefficient (Wildman–Crippen LogP) is 3.64. The van der Waals surface area contributed by atoms with Crippen LogP contribution in [0.2, 0.25) is 0 Å². The average molecular weight is 370 g/mol. The molecule has 1 amide bonds. The highest BCUT2D eigenvalue weighted by atomic mass is 32.2. The summed E-state index contributed by atoms with van der Waals surface area (Å²) in [6.45, 7) is 6.09. The summed E-state index contributed by atoms with van der Waals surface area (Å²) >= 11 is 1.27. The minimum atomic E-state index is -0.768. The number of hydrogen-bond acceptors (Lipinski definition) is 5. The van der Waals surface area contributed by atoms with E-state index in [1.165, 1.54) is 11.8 Å². The number of ether oxygens (including phenoxy) is 1. The molecule has 2 atom stereocenters. The third-order valence-electron chi connectivity index (χ3n) is 4.25. The summed E-state index contributed by atoms with van der Waals surface area (Å²) in [5.74, 6) is 0.685. The van der Waals surface area contributed by atoms with Crippen molar-refractivity contribution in [3.8, 4) is 5.75 Å². The van der Waals surface area contributed by atoms with Crippen molar-refractivity contribution in [3.63, 3.8) is 0 Å².